The first-order valence-corrected chi connectivity index (χ1v) is 9.31. The minimum absolute atomic E-state index is 0.0254. The highest BCUT2D eigenvalue weighted by atomic mass is 35.5. The average Bonchev–Trinajstić information content (AvgIpc) is 3.00. The smallest absolute Gasteiger partial charge is 0.264 e. The summed E-state index contributed by atoms with van der Waals surface area (Å²) >= 11 is 6.99. The maximum absolute atomic E-state index is 13.1. The number of thioether (sulfide) groups is 1. The molecule has 0 aliphatic carbocycles. The molecule has 144 valence electrons. The van der Waals surface area contributed by atoms with Crippen LogP contribution in [0.3, 0.4) is 0 Å². The number of hydrogen-bond donors (Lipinski definition) is 3. The van der Waals surface area contributed by atoms with Crippen LogP contribution in [0.15, 0.2) is 58.8 Å². The van der Waals surface area contributed by atoms with Gasteiger partial charge in [-0.1, -0.05) is 41.6 Å². The summed E-state index contributed by atoms with van der Waals surface area (Å²) in [5.41, 5.74) is 3.84. The fourth-order valence-corrected chi connectivity index (χ4v) is 2.95. The van der Waals surface area contributed by atoms with Crippen LogP contribution in [0.25, 0.3) is 0 Å². The van der Waals surface area contributed by atoms with Gasteiger partial charge in [0.2, 0.25) is 11.1 Å². The predicted octanol–water partition coefficient (Wildman–Crippen LogP) is 2.96. The van der Waals surface area contributed by atoms with E-state index in [-0.39, 0.29) is 17.6 Å². The van der Waals surface area contributed by atoms with Crippen molar-refractivity contribution in [3.05, 3.63) is 64.9 Å². The molecule has 1 aromatic heterocycles. The second-order valence-electron chi connectivity index (χ2n) is 5.45. The van der Waals surface area contributed by atoms with Crippen LogP contribution in [0.1, 0.15) is 5.56 Å². The SMILES string of the molecule is Nn1c(N/N=C/c2cccc(Cl)c2)nnc1SCC(=O)Nc1cccc(F)c1. The molecule has 8 nitrogen and oxygen atoms in total. The standard InChI is InChI=1S/C17H15ClFN7OS/c18-12-4-1-3-11(7-12)9-21-23-16-24-25-17(26(16)20)28-10-15(27)22-14-6-2-5-13(19)8-14/h1-9H,10,20H2,(H,22,27)(H,23,24)/b21-9+. The first kappa shape index (κ1) is 19.6. The van der Waals surface area contributed by atoms with Crippen molar-refractivity contribution in [2.24, 2.45) is 5.10 Å². The van der Waals surface area contributed by atoms with E-state index in [9.17, 15) is 9.18 Å². The molecule has 0 aliphatic rings. The van der Waals surface area contributed by atoms with E-state index in [4.69, 9.17) is 17.4 Å². The fourth-order valence-electron chi connectivity index (χ4n) is 2.10. The summed E-state index contributed by atoms with van der Waals surface area (Å²) in [6, 6.07) is 12.8. The molecule has 2 aromatic carbocycles. The third-order valence-corrected chi connectivity index (χ3v) is 4.51. The molecule has 0 saturated heterocycles. The maximum atomic E-state index is 13.1. The fraction of sp³-hybridized carbons (Fsp3) is 0.0588. The van der Waals surface area contributed by atoms with Crippen molar-refractivity contribution in [3.8, 4) is 0 Å². The first-order valence-electron chi connectivity index (χ1n) is 7.94. The molecule has 0 saturated carbocycles. The number of carbonyl (C=O) groups is 1. The van der Waals surface area contributed by atoms with Gasteiger partial charge in [0.25, 0.3) is 5.95 Å². The number of hydrogen-bond acceptors (Lipinski definition) is 7. The van der Waals surface area contributed by atoms with Gasteiger partial charge < -0.3 is 11.2 Å². The molecular formula is C17H15ClFN7OS. The number of carbonyl (C=O) groups excluding carboxylic acids is 1. The van der Waals surface area contributed by atoms with Gasteiger partial charge in [-0.25, -0.2) is 14.5 Å². The molecule has 28 heavy (non-hydrogen) atoms. The number of hydrazone groups is 1. The van der Waals surface area contributed by atoms with Gasteiger partial charge in [0.15, 0.2) is 0 Å². The Labute approximate surface area is 168 Å². The van der Waals surface area contributed by atoms with Gasteiger partial charge in [-0.2, -0.15) is 5.10 Å². The maximum Gasteiger partial charge on any atom is 0.264 e. The van der Waals surface area contributed by atoms with Crippen LogP contribution in [0.2, 0.25) is 5.02 Å². The Kier molecular flexibility index (Phi) is 6.45. The van der Waals surface area contributed by atoms with Gasteiger partial charge in [0.05, 0.1) is 12.0 Å². The average molecular weight is 420 g/mol. The van der Waals surface area contributed by atoms with Crippen LogP contribution in [-0.2, 0) is 4.79 Å². The Morgan fingerprint density at radius 2 is 2.11 bits per heavy atom. The molecule has 1 amide bonds. The number of aromatic nitrogens is 3. The molecule has 0 spiro atoms. The lowest BCUT2D eigenvalue weighted by Crippen LogP contribution is -2.17. The van der Waals surface area contributed by atoms with Crippen LogP contribution in [-0.4, -0.2) is 32.7 Å². The topological polar surface area (TPSA) is 110 Å². The summed E-state index contributed by atoms with van der Waals surface area (Å²) in [6.45, 7) is 0. The molecule has 0 unspecified atom stereocenters. The lowest BCUT2D eigenvalue weighted by Gasteiger charge is -2.05. The Hall–Kier alpha value is -3.11. The molecule has 1 heterocycles. The molecule has 11 heteroatoms. The van der Waals surface area contributed by atoms with Gasteiger partial charge in [0, 0.05) is 10.7 Å². The van der Waals surface area contributed by atoms with E-state index >= 15 is 0 Å². The van der Waals surface area contributed by atoms with Crippen molar-refractivity contribution in [3.63, 3.8) is 0 Å². The number of anilines is 2. The molecular weight excluding hydrogens is 405 g/mol. The van der Waals surface area contributed by atoms with Crippen LogP contribution < -0.4 is 16.6 Å². The van der Waals surface area contributed by atoms with Gasteiger partial charge >= 0.3 is 0 Å². The van der Waals surface area contributed by atoms with Crippen molar-refractivity contribution in [2.75, 3.05) is 22.3 Å². The first-order chi connectivity index (χ1) is 13.5. The molecule has 0 fully saturated rings. The molecule has 0 atom stereocenters. The second-order valence-corrected chi connectivity index (χ2v) is 6.83. The largest absolute Gasteiger partial charge is 0.334 e. The van der Waals surface area contributed by atoms with E-state index in [1.54, 1.807) is 30.5 Å². The summed E-state index contributed by atoms with van der Waals surface area (Å²) in [5, 5.41) is 15.3. The van der Waals surface area contributed by atoms with Crippen LogP contribution in [0.4, 0.5) is 16.0 Å². The van der Waals surface area contributed by atoms with E-state index in [1.807, 2.05) is 6.07 Å². The monoisotopic (exact) mass is 419 g/mol. The zero-order valence-electron chi connectivity index (χ0n) is 14.3. The van der Waals surface area contributed by atoms with Gasteiger partial charge in [0.1, 0.15) is 5.82 Å². The number of halogens is 2. The van der Waals surface area contributed by atoms with Crippen molar-refractivity contribution in [1.29, 1.82) is 0 Å². The summed E-state index contributed by atoms with van der Waals surface area (Å²) < 4.78 is 14.3. The molecule has 3 rings (SSSR count). The highest BCUT2D eigenvalue weighted by Crippen LogP contribution is 2.17. The van der Waals surface area contributed by atoms with Gasteiger partial charge in [-0.05, 0) is 35.9 Å². The van der Waals surface area contributed by atoms with Gasteiger partial charge in [-0.3, -0.25) is 4.79 Å². The molecule has 0 aliphatic heterocycles. The number of nitrogens with one attached hydrogen (secondary N) is 2. The Bertz CT molecular complexity index is 1010. The minimum Gasteiger partial charge on any atom is -0.334 e. The highest BCUT2D eigenvalue weighted by Gasteiger charge is 2.12. The quantitative estimate of drug-likeness (QED) is 0.235. The summed E-state index contributed by atoms with van der Waals surface area (Å²) in [6.07, 6.45) is 1.56. The predicted molar refractivity (Wildman–Crippen MR) is 109 cm³/mol. The van der Waals surface area contributed by atoms with Crippen molar-refractivity contribution in [2.45, 2.75) is 5.16 Å². The van der Waals surface area contributed by atoms with Crippen molar-refractivity contribution in [1.82, 2.24) is 14.9 Å². The molecule has 0 bridgehead atoms. The zero-order valence-corrected chi connectivity index (χ0v) is 15.9. The van der Waals surface area contributed by atoms with E-state index in [1.165, 1.54) is 22.9 Å². The Morgan fingerprint density at radius 1 is 1.29 bits per heavy atom. The molecule has 4 N–H and O–H groups in total. The van der Waals surface area contributed by atoms with Gasteiger partial charge in [-0.15, -0.1) is 10.2 Å². The van der Waals surface area contributed by atoms with Crippen LogP contribution in [0, 0.1) is 5.82 Å². The number of nitrogen functional groups attached to an aromatic ring is 1. The molecule has 0 radical (unpaired) electrons. The summed E-state index contributed by atoms with van der Waals surface area (Å²) in [4.78, 5) is 12.0. The van der Waals surface area contributed by atoms with E-state index in [2.05, 4.69) is 26.0 Å². The number of nitrogens with zero attached hydrogens (tertiary/aromatic N) is 4. The summed E-state index contributed by atoms with van der Waals surface area (Å²) in [7, 11) is 0. The highest BCUT2D eigenvalue weighted by molar-refractivity contribution is 7.99. The van der Waals surface area contributed by atoms with E-state index in [0.29, 0.717) is 15.9 Å². The lowest BCUT2D eigenvalue weighted by atomic mass is 10.2. The van der Waals surface area contributed by atoms with E-state index in [0.717, 1.165) is 17.3 Å². The Morgan fingerprint density at radius 3 is 2.89 bits per heavy atom. The minimum atomic E-state index is -0.429. The Balaban J connectivity index is 1.53. The lowest BCUT2D eigenvalue weighted by molar-refractivity contribution is -0.113. The third-order valence-electron chi connectivity index (χ3n) is 3.33. The normalized spacial score (nSPS) is 10.9. The molecule has 3 aromatic rings. The second kappa shape index (κ2) is 9.20. The van der Waals surface area contributed by atoms with Crippen molar-refractivity contribution < 1.29 is 9.18 Å². The number of benzene rings is 2. The number of nitrogens with two attached hydrogens (primary N) is 1. The van der Waals surface area contributed by atoms with Crippen LogP contribution >= 0.6 is 23.4 Å². The third kappa shape index (κ3) is 5.44. The zero-order chi connectivity index (χ0) is 19.9. The summed E-state index contributed by atoms with van der Waals surface area (Å²) in [5.74, 6) is 5.37. The van der Waals surface area contributed by atoms with E-state index < -0.39 is 5.82 Å². The van der Waals surface area contributed by atoms with Crippen LogP contribution in [0.5, 0.6) is 0 Å². The van der Waals surface area contributed by atoms with Crippen molar-refractivity contribution >= 4 is 47.1 Å². The number of rotatable bonds is 7. The number of amides is 1.